The Morgan fingerprint density at radius 3 is 2.15 bits per heavy atom. The largest absolute Gasteiger partial charge is 0.455 e. The Morgan fingerprint density at radius 1 is 0.500 bits per heavy atom. The highest BCUT2D eigenvalue weighted by Crippen LogP contribution is 2.39. The predicted octanol–water partition coefficient (Wildman–Crippen LogP) is 9.45. The molecule has 6 aromatic carbocycles. The quantitative estimate of drug-likeness (QED) is 0.232. The number of para-hydroxylation sites is 3. The van der Waals surface area contributed by atoms with Crippen molar-refractivity contribution in [2.75, 3.05) is 0 Å². The van der Waals surface area contributed by atoms with Gasteiger partial charge in [-0.15, -0.1) is 0 Å². The van der Waals surface area contributed by atoms with Gasteiger partial charge in [0, 0.05) is 37.9 Å². The van der Waals surface area contributed by atoms with Crippen molar-refractivity contribution in [3.63, 3.8) is 0 Å². The van der Waals surface area contributed by atoms with Gasteiger partial charge in [0.25, 0.3) is 0 Å². The normalized spacial score (nSPS) is 12.0. The highest BCUT2D eigenvalue weighted by molar-refractivity contribution is 6.20. The topological polar surface area (TPSA) is 43.9 Å². The average Bonchev–Trinajstić information content (AvgIpc) is 3.55. The summed E-state index contributed by atoms with van der Waals surface area (Å²) in [4.78, 5) is 10.3. The van der Waals surface area contributed by atoms with Crippen molar-refractivity contribution in [2.24, 2.45) is 0 Å². The summed E-state index contributed by atoms with van der Waals surface area (Å²) in [6, 6.07) is 44.2. The average molecular weight is 512 g/mol. The van der Waals surface area contributed by atoms with Crippen LogP contribution in [0.1, 0.15) is 0 Å². The van der Waals surface area contributed by atoms with E-state index in [9.17, 15) is 0 Å². The van der Waals surface area contributed by atoms with Crippen LogP contribution in [-0.4, -0.2) is 14.5 Å². The van der Waals surface area contributed by atoms with Gasteiger partial charge < -0.3 is 4.42 Å². The maximum absolute atomic E-state index is 6.40. The highest BCUT2D eigenvalue weighted by atomic mass is 16.3. The van der Waals surface area contributed by atoms with E-state index < -0.39 is 0 Å². The van der Waals surface area contributed by atoms with Gasteiger partial charge in [-0.3, -0.25) is 4.57 Å². The van der Waals surface area contributed by atoms with E-state index in [2.05, 4.69) is 102 Å². The molecule has 0 spiro atoms. The lowest BCUT2D eigenvalue weighted by Gasteiger charge is -2.12. The van der Waals surface area contributed by atoms with Gasteiger partial charge in [-0.05, 0) is 41.8 Å². The van der Waals surface area contributed by atoms with Crippen molar-refractivity contribution in [1.82, 2.24) is 14.5 Å². The van der Waals surface area contributed by atoms with Crippen LogP contribution in [0, 0.1) is 0 Å². The van der Waals surface area contributed by atoms with Gasteiger partial charge in [0.2, 0.25) is 5.95 Å². The summed E-state index contributed by atoms with van der Waals surface area (Å²) in [6.07, 6.45) is 0. The molecule has 0 saturated carbocycles. The number of hydrogen-bond acceptors (Lipinski definition) is 3. The van der Waals surface area contributed by atoms with Crippen LogP contribution >= 0.6 is 0 Å². The van der Waals surface area contributed by atoms with Gasteiger partial charge in [-0.1, -0.05) is 91.0 Å². The van der Waals surface area contributed by atoms with Crippen molar-refractivity contribution in [3.8, 4) is 17.2 Å². The van der Waals surface area contributed by atoms with Gasteiger partial charge in [0.15, 0.2) is 0 Å². The van der Waals surface area contributed by atoms with Crippen LogP contribution < -0.4 is 0 Å². The van der Waals surface area contributed by atoms with Crippen molar-refractivity contribution in [1.29, 1.82) is 0 Å². The number of nitrogens with zero attached hydrogens (tertiary/aromatic N) is 3. The fourth-order valence-corrected chi connectivity index (χ4v) is 6.17. The molecule has 0 unspecified atom stereocenters. The lowest BCUT2D eigenvalue weighted by molar-refractivity contribution is 0.672. The predicted molar refractivity (Wildman–Crippen MR) is 164 cm³/mol. The summed E-state index contributed by atoms with van der Waals surface area (Å²) in [5.74, 6) is 0.660. The molecule has 0 atom stereocenters. The number of aromatic nitrogens is 3. The minimum atomic E-state index is 0.660. The molecule has 0 bridgehead atoms. The Morgan fingerprint density at radius 2 is 1.25 bits per heavy atom. The van der Waals surface area contributed by atoms with Crippen molar-refractivity contribution in [3.05, 3.63) is 127 Å². The molecular formula is C36H21N3O. The maximum Gasteiger partial charge on any atom is 0.235 e. The number of furan rings is 1. The van der Waals surface area contributed by atoms with Crippen LogP contribution in [0.4, 0.5) is 0 Å². The van der Waals surface area contributed by atoms with E-state index in [1.165, 1.54) is 0 Å². The lowest BCUT2D eigenvalue weighted by atomic mass is 10.0. The molecule has 4 heteroatoms. The number of hydrogen-bond donors (Lipinski definition) is 0. The van der Waals surface area contributed by atoms with E-state index in [4.69, 9.17) is 14.4 Å². The fourth-order valence-electron chi connectivity index (χ4n) is 6.17. The second kappa shape index (κ2) is 8.01. The van der Waals surface area contributed by atoms with Gasteiger partial charge in [-0.2, -0.15) is 0 Å². The molecule has 0 radical (unpaired) electrons. The Labute approximate surface area is 228 Å². The van der Waals surface area contributed by atoms with E-state index in [1.54, 1.807) is 0 Å². The van der Waals surface area contributed by atoms with E-state index in [1.807, 2.05) is 30.3 Å². The van der Waals surface area contributed by atoms with E-state index in [-0.39, 0.29) is 0 Å². The minimum absolute atomic E-state index is 0.660. The van der Waals surface area contributed by atoms with Gasteiger partial charge in [0.05, 0.1) is 22.2 Å². The zero-order valence-electron chi connectivity index (χ0n) is 21.4. The molecule has 3 aromatic heterocycles. The second-order valence-electron chi connectivity index (χ2n) is 10.2. The molecule has 0 N–H and O–H groups in total. The molecule has 0 aliphatic rings. The minimum Gasteiger partial charge on any atom is -0.455 e. The summed E-state index contributed by atoms with van der Waals surface area (Å²) < 4.78 is 8.60. The monoisotopic (exact) mass is 511 g/mol. The zero-order chi connectivity index (χ0) is 26.2. The molecule has 3 heterocycles. The molecule has 0 amide bonds. The summed E-state index contributed by atoms with van der Waals surface area (Å²) in [5.41, 5.74) is 6.89. The molecule has 0 aliphatic carbocycles. The third kappa shape index (κ3) is 2.96. The first-order valence-corrected chi connectivity index (χ1v) is 13.4. The molecule has 0 aliphatic heterocycles. The van der Waals surface area contributed by atoms with E-state index in [0.717, 1.165) is 76.7 Å². The number of fused-ring (bicyclic) bond motifs is 9. The standard InChI is InChI=1S/C36H21N3O/c1-2-10-22(11-3-1)34-27-14-4-7-15-30(27)37-36(38-34)39-31-16-8-5-12-24(31)29-21-28-23(20-32(29)39)18-19-26-25-13-6-9-17-33(25)40-35(26)28/h1-21H. The summed E-state index contributed by atoms with van der Waals surface area (Å²) in [6.45, 7) is 0. The van der Waals surface area contributed by atoms with E-state index >= 15 is 0 Å². The first-order chi connectivity index (χ1) is 19.8. The van der Waals surface area contributed by atoms with Crippen LogP contribution in [0.5, 0.6) is 0 Å². The summed E-state index contributed by atoms with van der Waals surface area (Å²) in [5, 5.41) is 7.84. The Hall–Kier alpha value is -5.48. The smallest absolute Gasteiger partial charge is 0.235 e. The van der Waals surface area contributed by atoms with Crippen molar-refractivity contribution < 1.29 is 4.42 Å². The molecule has 40 heavy (non-hydrogen) atoms. The molecule has 0 fully saturated rings. The molecule has 4 nitrogen and oxygen atoms in total. The maximum atomic E-state index is 6.40. The van der Waals surface area contributed by atoms with Gasteiger partial charge in [-0.25, -0.2) is 9.97 Å². The van der Waals surface area contributed by atoms with Gasteiger partial charge >= 0.3 is 0 Å². The number of rotatable bonds is 2. The van der Waals surface area contributed by atoms with Crippen LogP contribution in [-0.2, 0) is 0 Å². The Balaban J connectivity index is 1.40. The third-order valence-electron chi connectivity index (χ3n) is 7.99. The fraction of sp³-hybridized carbons (Fsp3) is 0. The van der Waals surface area contributed by atoms with Crippen molar-refractivity contribution >= 4 is 65.4 Å². The van der Waals surface area contributed by atoms with Gasteiger partial charge in [0.1, 0.15) is 11.2 Å². The van der Waals surface area contributed by atoms with Crippen LogP contribution in [0.15, 0.2) is 132 Å². The van der Waals surface area contributed by atoms with Crippen LogP contribution in [0.2, 0.25) is 0 Å². The first-order valence-electron chi connectivity index (χ1n) is 13.4. The molecule has 9 aromatic rings. The van der Waals surface area contributed by atoms with Crippen LogP contribution in [0.25, 0.3) is 82.6 Å². The number of benzene rings is 6. The second-order valence-corrected chi connectivity index (χ2v) is 10.2. The molecule has 186 valence electrons. The van der Waals surface area contributed by atoms with Crippen LogP contribution in [0.3, 0.4) is 0 Å². The lowest BCUT2D eigenvalue weighted by Crippen LogP contribution is -2.03. The summed E-state index contributed by atoms with van der Waals surface area (Å²) >= 11 is 0. The molecular weight excluding hydrogens is 490 g/mol. The Kier molecular flexibility index (Phi) is 4.30. The van der Waals surface area contributed by atoms with E-state index in [0.29, 0.717) is 5.95 Å². The van der Waals surface area contributed by atoms with Crippen molar-refractivity contribution in [2.45, 2.75) is 0 Å². The SMILES string of the molecule is c1ccc(-c2nc(-n3c4ccccc4c4cc5c(ccc6c7ccccc7oc56)cc43)nc3ccccc23)cc1. The zero-order valence-corrected chi connectivity index (χ0v) is 21.4. The third-order valence-corrected chi connectivity index (χ3v) is 7.99. The first kappa shape index (κ1) is 21.5. The Bertz CT molecular complexity index is 2430. The molecule has 0 saturated heterocycles. The summed E-state index contributed by atoms with van der Waals surface area (Å²) in [7, 11) is 0. The highest BCUT2D eigenvalue weighted by Gasteiger charge is 2.19. The molecule has 9 rings (SSSR count).